The molecule has 0 atom stereocenters. The molecule has 0 bridgehead atoms. The smallest absolute Gasteiger partial charge is 0.318 e. The van der Waals surface area contributed by atoms with Gasteiger partial charge in [-0.1, -0.05) is 22.0 Å². The molecular formula is C8H9BrN2O. The number of halogens is 1. The monoisotopic (exact) mass is 228 g/mol. The zero-order valence-corrected chi connectivity index (χ0v) is 8.18. The largest absolute Gasteiger partial charge is 0.341 e. The first-order valence-corrected chi connectivity index (χ1v) is 4.26. The molecule has 0 radical (unpaired) electrons. The quantitative estimate of drug-likeness (QED) is 0.761. The maximum atomic E-state index is 10.9. The fourth-order valence-electron chi connectivity index (χ4n) is 0.760. The number of hydrogen-bond donors (Lipinski definition) is 2. The van der Waals surface area contributed by atoms with E-state index in [1.807, 2.05) is 24.3 Å². The molecule has 0 spiro atoms. The molecule has 0 saturated heterocycles. The van der Waals surface area contributed by atoms with Gasteiger partial charge in [0, 0.05) is 17.2 Å². The molecule has 3 nitrogen and oxygen atoms in total. The molecule has 0 heterocycles. The van der Waals surface area contributed by atoms with Crippen LogP contribution in [0.15, 0.2) is 28.7 Å². The Morgan fingerprint density at radius 3 is 2.83 bits per heavy atom. The lowest BCUT2D eigenvalue weighted by atomic mass is 10.3. The first-order chi connectivity index (χ1) is 5.72. The third-order valence-corrected chi connectivity index (χ3v) is 1.80. The van der Waals surface area contributed by atoms with Crippen LogP contribution in [0.25, 0.3) is 0 Å². The Morgan fingerprint density at radius 1 is 1.50 bits per heavy atom. The second kappa shape index (κ2) is 4.11. The Morgan fingerprint density at radius 2 is 2.25 bits per heavy atom. The van der Waals surface area contributed by atoms with Crippen molar-refractivity contribution in [3.63, 3.8) is 0 Å². The number of benzene rings is 1. The minimum atomic E-state index is -0.215. The van der Waals surface area contributed by atoms with E-state index < -0.39 is 0 Å². The summed E-state index contributed by atoms with van der Waals surface area (Å²) in [4.78, 5) is 10.9. The molecule has 0 aliphatic heterocycles. The van der Waals surface area contributed by atoms with Crippen LogP contribution in [0.5, 0.6) is 0 Å². The molecule has 0 aromatic heterocycles. The molecule has 0 aliphatic carbocycles. The first-order valence-electron chi connectivity index (χ1n) is 3.46. The van der Waals surface area contributed by atoms with E-state index in [4.69, 9.17) is 0 Å². The molecule has 1 aromatic carbocycles. The van der Waals surface area contributed by atoms with E-state index in [1.54, 1.807) is 7.05 Å². The predicted molar refractivity (Wildman–Crippen MR) is 52.2 cm³/mol. The van der Waals surface area contributed by atoms with Gasteiger partial charge in [0.1, 0.15) is 0 Å². The van der Waals surface area contributed by atoms with Crippen LogP contribution in [0.4, 0.5) is 10.5 Å². The number of anilines is 1. The average molecular weight is 229 g/mol. The summed E-state index contributed by atoms with van der Waals surface area (Å²) in [6.45, 7) is 0. The van der Waals surface area contributed by atoms with Crippen LogP contribution < -0.4 is 10.6 Å². The summed E-state index contributed by atoms with van der Waals surface area (Å²) in [5.41, 5.74) is 0.767. The van der Waals surface area contributed by atoms with Gasteiger partial charge in [-0.25, -0.2) is 4.79 Å². The highest BCUT2D eigenvalue weighted by Gasteiger charge is 1.97. The van der Waals surface area contributed by atoms with Gasteiger partial charge < -0.3 is 10.6 Å². The molecule has 0 unspecified atom stereocenters. The molecule has 1 aromatic rings. The molecular weight excluding hydrogens is 220 g/mol. The normalized spacial score (nSPS) is 9.17. The van der Waals surface area contributed by atoms with Crippen LogP contribution in [-0.2, 0) is 0 Å². The first kappa shape index (κ1) is 9.06. The number of carbonyl (C=O) groups excluding carboxylic acids is 1. The van der Waals surface area contributed by atoms with Crippen molar-refractivity contribution in [1.82, 2.24) is 5.32 Å². The molecule has 0 saturated carbocycles. The molecule has 12 heavy (non-hydrogen) atoms. The van der Waals surface area contributed by atoms with Gasteiger partial charge in [-0.05, 0) is 18.2 Å². The zero-order valence-electron chi connectivity index (χ0n) is 6.60. The lowest BCUT2D eigenvalue weighted by Crippen LogP contribution is -2.24. The minimum Gasteiger partial charge on any atom is -0.341 e. The standard InChI is InChI=1S/C8H9BrN2O/c1-10-8(12)11-7-4-2-3-6(9)5-7/h2-5H,1H3,(H2,10,11,12). The van der Waals surface area contributed by atoms with Crippen molar-refractivity contribution in [3.8, 4) is 0 Å². The molecule has 0 aliphatic rings. The fourth-order valence-corrected chi connectivity index (χ4v) is 1.16. The average Bonchev–Trinajstić information content (AvgIpc) is 2.04. The Balaban J connectivity index is 2.69. The zero-order chi connectivity index (χ0) is 8.97. The Kier molecular flexibility index (Phi) is 3.10. The van der Waals surface area contributed by atoms with Crippen LogP contribution in [0.3, 0.4) is 0 Å². The van der Waals surface area contributed by atoms with Gasteiger partial charge in [0.25, 0.3) is 0 Å². The van der Waals surface area contributed by atoms with E-state index in [1.165, 1.54) is 0 Å². The van der Waals surface area contributed by atoms with Crippen molar-refractivity contribution in [3.05, 3.63) is 28.7 Å². The summed E-state index contributed by atoms with van der Waals surface area (Å²) in [5.74, 6) is 0. The van der Waals surface area contributed by atoms with Crippen LogP contribution in [-0.4, -0.2) is 13.1 Å². The van der Waals surface area contributed by atoms with Crippen LogP contribution >= 0.6 is 15.9 Å². The van der Waals surface area contributed by atoms with Gasteiger partial charge in [-0.15, -0.1) is 0 Å². The van der Waals surface area contributed by atoms with Gasteiger partial charge in [-0.2, -0.15) is 0 Å². The number of amides is 2. The van der Waals surface area contributed by atoms with Crippen molar-refractivity contribution in [2.75, 3.05) is 12.4 Å². The van der Waals surface area contributed by atoms with Crippen LogP contribution in [0.2, 0.25) is 0 Å². The van der Waals surface area contributed by atoms with E-state index in [9.17, 15) is 4.79 Å². The molecule has 4 heteroatoms. The third kappa shape index (κ3) is 2.54. The molecule has 2 amide bonds. The van der Waals surface area contributed by atoms with Crippen molar-refractivity contribution in [1.29, 1.82) is 0 Å². The number of rotatable bonds is 1. The molecule has 2 N–H and O–H groups in total. The summed E-state index contributed by atoms with van der Waals surface area (Å²) in [6, 6.07) is 7.19. The summed E-state index contributed by atoms with van der Waals surface area (Å²) >= 11 is 3.30. The number of carbonyl (C=O) groups is 1. The second-order valence-electron chi connectivity index (χ2n) is 2.21. The number of hydrogen-bond acceptors (Lipinski definition) is 1. The Bertz CT molecular complexity index is 288. The van der Waals surface area contributed by atoms with Crippen molar-refractivity contribution < 1.29 is 4.79 Å². The van der Waals surface area contributed by atoms with Gasteiger partial charge in [-0.3, -0.25) is 0 Å². The van der Waals surface area contributed by atoms with E-state index in [0.717, 1.165) is 10.2 Å². The molecule has 0 fully saturated rings. The molecule has 64 valence electrons. The summed E-state index contributed by atoms with van der Waals surface area (Å²) in [5, 5.41) is 5.12. The Labute approximate surface area is 79.3 Å². The Hall–Kier alpha value is -1.03. The third-order valence-electron chi connectivity index (χ3n) is 1.31. The van der Waals surface area contributed by atoms with Gasteiger partial charge in [0.05, 0.1) is 0 Å². The number of urea groups is 1. The van der Waals surface area contributed by atoms with Gasteiger partial charge in [0.2, 0.25) is 0 Å². The summed E-state index contributed by atoms with van der Waals surface area (Å²) < 4.78 is 0.941. The van der Waals surface area contributed by atoms with Crippen molar-refractivity contribution in [2.45, 2.75) is 0 Å². The molecule has 1 rings (SSSR count). The van der Waals surface area contributed by atoms with E-state index in [-0.39, 0.29) is 6.03 Å². The van der Waals surface area contributed by atoms with Gasteiger partial charge >= 0.3 is 6.03 Å². The maximum Gasteiger partial charge on any atom is 0.318 e. The summed E-state index contributed by atoms with van der Waals surface area (Å²) in [6.07, 6.45) is 0. The lowest BCUT2D eigenvalue weighted by Gasteiger charge is -2.03. The van der Waals surface area contributed by atoms with E-state index in [0.29, 0.717) is 0 Å². The second-order valence-corrected chi connectivity index (χ2v) is 3.13. The maximum absolute atomic E-state index is 10.9. The van der Waals surface area contributed by atoms with Gasteiger partial charge in [0.15, 0.2) is 0 Å². The summed E-state index contributed by atoms with van der Waals surface area (Å²) in [7, 11) is 1.58. The highest BCUT2D eigenvalue weighted by Crippen LogP contribution is 2.15. The topological polar surface area (TPSA) is 41.1 Å². The van der Waals surface area contributed by atoms with Crippen molar-refractivity contribution >= 4 is 27.6 Å². The lowest BCUT2D eigenvalue weighted by molar-refractivity contribution is 0.254. The highest BCUT2D eigenvalue weighted by molar-refractivity contribution is 9.10. The predicted octanol–water partition coefficient (Wildman–Crippen LogP) is 2.20. The number of nitrogens with one attached hydrogen (secondary N) is 2. The van der Waals surface area contributed by atoms with Crippen LogP contribution in [0.1, 0.15) is 0 Å². The van der Waals surface area contributed by atoms with Crippen LogP contribution in [0, 0.1) is 0 Å². The SMILES string of the molecule is CNC(=O)Nc1cccc(Br)c1. The highest BCUT2D eigenvalue weighted by atomic mass is 79.9. The van der Waals surface area contributed by atoms with Crippen molar-refractivity contribution in [2.24, 2.45) is 0 Å². The van der Waals surface area contributed by atoms with E-state index in [2.05, 4.69) is 26.6 Å². The minimum absolute atomic E-state index is 0.215. The van der Waals surface area contributed by atoms with E-state index >= 15 is 0 Å². The fraction of sp³-hybridized carbons (Fsp3) is 0.125.